The highest BCUT2D eigenvalue weighted by Gasteiger charge is 2.40. The lowest BCUT2D eigenvalue weighted by atomic mass is 9.76. The van der Waals surface area contributed by atoms with Crippen LogP contribution in [0.4, 0.5) is 16.2 Å². The van der Waals surface area contributed by atoms with Crippen molar-refractivity contribution in [1.29, 1.82) is 0 Å². The Balaban J connectivity index is 1.30. The molecule has 5 aromatic carbocycles. The first-order valence-corrected chi connectivity index (χ1v) is 16.6. The largest absolute Gasteiger partial charge is 0.493 e. The molecule has 3 aliphatic heterocycles. The third-order valence-electron chi connectivity index (χ3n) is 9.88. The Bertz CT molecular complexity index is 2030. The third kappa shape index (κ3) is 5.03. The van der Waals surface area contributed by atoms with Gasteiger partial charge in [-0.15, -0.1) is 0 Å². The highest BCUT2D eigenvalue weighted by atomic mass is 16.5. The monoisotopic (exact) mass is 633 g/mol. The summed E-state index contributed by atoms with van der Waals surface area (Å²) >= 11 is 0. The quantitative estimate of drug-likeness (QED) is 0.153. The third-order valence-corrected chi connectivity index (χ3v) is 9.88. The minimum Gasteiger partial charge on any atom is -0.493 e. The number of imide groups is 2. The van der Waals surface area contributed by atoms with Crippen molar-refractivity contribution in [2.45, 2.75) is 31.6 Å². The summed E-state index contributed by atoms with van der Waals surface area (Å²) in [6, 6.07) is 35.6. The first-order valence-electron chi connectivity index (χ1n) is 16.6. The molecular formula is C41H35N3O4. The topological polar surface area (TPSA) is 79.0 Å². The van der Waals surface area contributed by atoms with Crippen LogP contribution in [-0.2, 0) is 9.59 Å². The molecule has 5 aromatic rings. The summed E-state index contributed by atoms with van der Waals surface area (Å²) in [6.07, 6.45) is 3.40. The van der Waals surface area contributed by atoms with Gasteiger partial charge in [0.2, 0.25) is 0 Å². The fourth-order valence-electron chi connectivity index (χ4n) is 7.71. The van der Waals surface area contributed by atoms with Crippen LogP contribution in [0.5, 0.6) is 5.75 Å². The minimum absolute atomic E-state index is 0.0923. The molecule has 0 spiro atoms. The molecule has 8 rings (SSSR count). The number of nitrogens with one attached hydrogen (secondary N) is 1. The Labute approximate surface area is 279 Å². The number of ether oxygens (including phenoxy) is 1. The lowest BCUT2D eigenvalue weighted by Crippen LogP contribution is -2.54. The predicted octanol–water partition coefficient (Wildman–Crippen LogP) is 7.78. The summed E-state index contributed by atoms with van der Waals surface area (Å²) in [5, 5.41) is 4.25. The number of barbiturate groups is 1. The molecule has 1 N–H and O–H groups in total. The molecule has 1 saturated heterocycles. The number of carbonyl (C=O) groups excluding carboxylic acids is 3. The molecule has 0 aromatic heterocycles. The van der Waals surface area contributed by atoms with Gasteiger partial charge < -0.3 is 9.64 Å². The molecule has 238 valence electrons. The number of carbonyl (C=O) groups is 3. The van der Waals surface area contributed by atoms with E-state index in [1.165, 1.54) is 16.8 Å². The molecule has 4 amide bonds. The Morgan fingerprint density at radius 3 is 2.00 bits per heavy atom. The number of urea groups is 1. The summed E-state index contributed by atoms with van der Waals surface area (Å²) in [7, 11) is 0. The van der Waals surface area contributed by atoms with Gasteiger partial charge in [0.1, 0.15) is 11.3 Å². The summed E-state index contributed by atoms with van der Waals surface area (Å²) in [6.45, 7) is 4.16. The van der Waals surface area contributed by atoms with Crippen LogP contribution >= 0.6 is 0 Å². The van der Waals surface area contributed by atoms with Crippen LogP contribution in [0.1, 0.15) is 59.4 Å². The second-order valence-electron chi connectivity index (χ2n) is 12.6. The Hall–Kier alpha value is -5.69. The smallest absolute Gasteiger partial charge is 0.335 e. The van der Waals surface area contributed by atoms with Crippen LogP contribution in [0.25, 0.3) is 16.8 Å². The first kappa shape index (κ1) is 29.7. The molecule has 1 fully saturated rings. The van der Waals surface area contributed by atoms with E-state index in [0.717, 1.165) is 52.7 Å². The molecule has 0 unspecified atom stereocenters. The van der Waals surface area contributed by atoms with E-state index in [9.17, 15) is 14.4 Å². The molecule has 0 saturated carbocycles. The zero-order valence-electron chi connectivity index (χ0n) is 26.7. The van der Waals surface area contributed by atoms with Crippen molar-refractivity contribution >= 4 is 46.1 Å². The van der Waals surface area contributed by atoms with Crippen LogP contribution in [0.2, 0.25) is 0 Å². The van der Waals surface area contributed by atoms with Crippen LogP contribution < -0.4 is 19.9 Å². The van der Waals surface area contributed by atoms with Crippen molar-refractivity contribution in [3.05, 3.63) is 143 Å². The maximum atomic E-state index is 14.4. The predicted molar refractivity (Wildman–Crippen MR) is 189 cm³/mol. The maximum absolute atomic E-state index is 14.4. The van der Waals surface area contributed by atoms with Gasteiger partial charge >= 0.3 is 6.03 Å². The average molecular weight is 634 g/mol. The lowest BCUT2D eigenvalue weighted by Gasteiger charge is -2.44. The van der Waals surface area contributed by atoms with E-state index < -0.39 is 17.8 Å². The molecule has 7 heteroatoms. The van der Waals surface area contributed by atoms with Gasteiger partial charge in [0.15, 0.2) is 0 Å². The number of rotatable bonds is 6. The standard InChI is InChI=1S/C41H35N3O4/c1-2-48-37-18-17-28-15-9-10-16-30(28)33(37)25-36-39(45)42-41(47)44(40(36)46)29-23-34-31(26-11-5-3-6-12-26)19-21-43-22-20-32(35(24-29)38(34)43)27-13-7-4-8-14-27/h3-18,23-25,31-32H,2,19-22H2,1H3,(H,42,45,47)/b36-25+/t31-,32-/m0/s1. The van der Waals surface area contributed by atoms with Crippen molar-refractivity contribution in [3.8, 4) is 5.75 Å². The van der Waals surface area contributed by atoms with E-state index in [1.54, 1.807) is 6.08 Å². The van der Waals surface area contributed by atoms with Crippen LogP contribution in [0, 0.1) is 0 Å². The van der Waals surface area contributed by atoms with Gasteiger partial charge in [-0.05, 0) is 77.1 Å². The Morgan fingerprint density at radius 2 is 1.38 bits per heavy atom. The van der Waals surface area contributed by atoms with Gasteiger partial charge in [0.25, 0.3) is 11.8 Å². The molecular weight excluding hydrogens is 598 g/mol. The number of benzene rings is 5. The second kappa shape index (κ2) is 12.2. The molecule has 48 heavy (non-hydrogen) atoms. The van der Waals surface area contributed by atoms with E-state index in [4.69, 9.17) is 4.74 Å². The van der Waals surface area contributed by atoms with Crippen molar-refractivity contribution < 1.29 is 19.1 Å². The van der Waals surface area contributed by atoms with Gasteiger partial charge in [0.05, 0.1) is 12.3 Å². The number of anilines is 2. The summed E-state index contributed by atoms with van der Waals surface area (Å²) in [5.41, 5.74) is 6.72. The molecule has 0 aliphatic carbocycles. The van der Waals surface area contributed by atoms with Gasteiger partial charge in [-0.2, -0.15) is 0 Å². The number of nitrogens with zero attached hydrogens (tertiary/aromatic N) is 2. The van der Waals surface area contributed by atoms with Gasteiger partial charge in [-0.25, -0.2) is 9.69 Å². The van der Waals surface area contributed by atoms with Crippen molar-refractivity contribution in [1.82, 2.24) is 5.32 Å². The van der Waals surface area contributed by atoms with Crippen LogP contribution in [0.15, 0.2) is 115 Å². The Kier molecular flexibility index (Phi) is 7.52. The van der Waals surface area contributed by atoms with Gasteiger partial charge in [0, 0.05) is 36.2 Å². The zero-order chi connectivity index (χ0) is 32.8. The van der Waals surface area contributed by atoms with E-state index in [-0.39, 0.29) is 17.4 Å². The summed E-state index contributed by atoms with van der Waals surface area (Å²) in [5.74, 6) is -0.652. The van der Waals surface area contributed by atoms with Crippen molar-refractivity contribution in [2.24, 2.45) is 0 Å². The number of fused-ring (bicyclic) bond motifs is 1. The number of hydrogen-bond acceptors (Lipinski definition) is 5. The van der Waals surface area contributed by atoms with Crippen molar-refractivity contribution in [3.63, 3.8) is 0 Å². The second-order valence-corrected chi connectivity index (χ2v) is 12.6. The molecule has 7 nitrogen and oxygen atoms in total. The normalized spacial score (nSPS) is 19.8. The van der Waals surface area contributed by atoms with Crippen LogP contribution in [0.3, 0.4) is 0 Å². The fourth-order valence-corrected chi connectivity index (χ4v) is 7.71. The zero-order valence-corrected chi connectivity index (χ0v) is 26.7. The SMILES string of the molecule is CCOc1ccc2ccccc2c1/C=C1\C(=O)NC(=O)N(c2cc3c4c(c2)[C@H](c2ccccc2)CCN4CC[C@H]3c2ccccc2)C1=O. The van der Waals surface area contributed by atoms with Crippen LogP contribution in [-0.4, -0.2) is 37.5 Å². The van der Waals surface area contributed by atoms with Crippen molar-refractivity contribution in [2.75, 3.05) is 29.5 Å². The summed E-state index contributed by atoms with van der Waals surface area (Å²) in [4.78, 5) is 45.1. The molecule has 0 bridgehead atoms. The van der Waals surface area contributed by atoms with Gasteiger partial charge in [-0.3, -0.25) is 14.9 Å². The van der Waals surface area contributed by atoms with E-state index in [2.05, 4.69) is 58.7 Å². The molecule has 3 heterocycles. The van der Waals surface area contributed by atoms with Gasteiger partial charge in [-0.1, -0.05) is 91.0 Å². The highest BCUT2D eigenvalue weighted by Crippen LogP contribution is 2.50. The molecule has 0 radical (unpaired) electrons. The lowest BCUT2D eigenvalue weighted by molar-refractivity contribution is -0.122. The Morgan fingerprint density at radius 1 is 0.771 bits per heavy atom. The minimum atomic E-state index is -0.756. The first-order chi connectivity index (χ1) is 23.5. The highest BCUT2D eigenvalue weighted by molar-refractivity contribution is 6.39. The fraction of sp³-hybridized carbons (Fsp3) is 0.195. The maximum Gasteiger partial charge on any atom is 0.335 e. The average Bonchev–Trinajstić information content (AvgIpc) is 3.11. The molecule has 3 aliphatic rings. The summed E-state index contributed by atoms with van der Waals surface area (Å²) < 4.78 is 5.93. The van der Waals surface area contributed by atoms with E-state index in [0.29, 0.717) is 23.6 Å². The number of hydrogen-bond donors (Lipinski definition) is 1. The van der Waals surface area contributed by atoms with E-state index in [1.807, 2.05) is 67.6 Å². The number of amides is 4. The molecule has 2 atom stereocenters. The van der Waals surface area contributed by atoms with E-state index >= 15 is 0 Å².